The van der Waals surface area contributed by atoms with Crippen molar-refractivity contribution in [1.29, 1.82) is 0 Å². The molecule has 0 bridgehead atoms. The predicted molar refractivity (Wildman–Crippen MR) is 101 cm³/mol. The van der Waals surface area contributed by atoms with Gasteiger partial charge < -0.3 is 0 Å². The van der Waals surface area contributed by atoms with Crippen molar-refractivity contribution >= 4 is 46.3 Å². The summed E-state index contributed by atoms with van der Waals surface area (Å²) >= 11 is 2.05. The Morgan fingerprint density at radius 2 is 1.96 bits per heavy atom. The predicted octanol–water partition coefficient (Wildman–Crippen LogP) is 3.34. The third kappa shape index (κ3) is 3.75. The van der Waals surface area contributed by atoms with Crippen LogP contribution >= 0.6 is 22.6 Å². The van der Waals surface area contributed by atoms with Gasteiger partial charge in [-0.2, -0.15) is 4.90 Å². The second-order valence-corrected chi connectivity index (χ2v) is 7.83. The Bertz CT molecular complexity index is 732. The van der Waals surface area contributed by atoms with Crippen LogP contribution in [0.1, 0.15) is 50.4 Å². The molecule has 1 aliphatic rings. The zero-order valence-corrected chi connectivity index (χ0v) is 16.6. The molecule has 6 nitrogen and oxygen atoms in total. The fourth-order valence-corrected chi connectivity index (χ4v) is 3.40. The fraction of sp³-hybridized carbons (Fsp3) is 0.444. The number of halogens is 1. The maximum Gasteiger partial charge on any atom is 0.338 e. The van der Waals surface area contributed by atoms with Crippen LogP contribution in [0.2, 0.25) is 0 Å². The van der Waals surface area contributed by atoms with Crippen molar-refractivity contribution < 1.29 is 19.2 Å². The number of hydrogen-bond acceptors (Lipinski definition) is 4. The van der Waals surface area contributed by atoms with E-state index in [1.165, 1.54) is 0 Å². The number of hydrogen-bond donors (Lipinski definition) is 1. The first-order valence-corrected chi connectivity index (χ1v) is 9.30. The van der Waals surface area contributed by atoms with E-state index in [4.69, 9.17) is 0 Å². The minimum absolute atomic E-state index is 0.230. The van der Waals surface area contributed by atoms with Crippen LogP contribution in [-0.4, -0.2) is 28.7 Å². The van der Waals surface area contributed by atoms with Crippen LogP contribution in [0.25, 0.3) is 0 Å². The molecule has 7 heteroatoms. The van der Waals surface area contributed by atoms with E-state index in [1.54, 1.807) is 31.2 Å². The number of rotatable bonds is 5. The van der Waals surface area contributed by atoms with Crippen LogP contribution in [0, 0.1) is 14.9 Å². The molecule has 1 aromatic carbocycles. The minimum atomic E-state index is -1.38. The number of nitrogens with zero attached hydrogens (tertiary/aromatic N) is 1. The van der Waals surface area contributed by atoms with Gasteiger partial charge in [-0.25, -0.2) is 4.79 Å². The van der Waals surface area contributed by atoms with Gasteiger partial charge in [0.1, 0.15) is 5.41 Å². The Labute approximate surface area is 160 Å². The molecule has 1 aromatic rings. The fourth-order valence-electron chi connectivity index (χ4n) is 2.86. The summed E-state index contributed by atoms with van der Waals surface area (Å²) in [6.07, 6.45) is 1.18. The van der Waals surface area contributed by atoms with Crippen molar-refractivity contribution in [2.75, 3.05) is 0 Å². The van der Waals surface area contributed by atoms with Gasteiger partial charge in [-0.05, 0) is 66.0 Å². The number of imide groups is 4. The molecule has 1 fully saturated rings. The van der Waals surface area contributed by atoms with E-state index in [2.05, 4.69) is 5.32 Å². The largest absolute Gasteiger partial charge is 0.338 e. The first kappa shape index (κ1) is 19.6. The van der Waals surface area contributed by atoms with Gasteiger partial charge in [-0.15, -0.1) is 0 Å². The van der Waals surface area contributed by atoms with Gasteiger partial charge in [0.25, 0.3) is 11.8 Å². The molecule has 1 saturated heterocycles. The lowest BCUT2D eigenvalue weighted by Gasteiger charge is -2.38. The average Bonchev–Trinajstić information content (AvgIpc) is 2.54. The lowest BCUT2D eigenvalue weighted by Crippen LogP contribution is -2.65. The smallest absolute Gasteiger partial charge is 0.276 e. The molecule has 1 atom stereocenters. The molecule has 0 aromatic heterocycles. The molecular formula is C18H21IN2O4. The number of barbiturate groups is 1. The summed E-state index contributed by atoms with van der Waals surface area (Å²) in [5, 5.41) is 2.20. The number of urea groups is 1. The summed E-state index contributed by atoms with van der Waals surface area (Å²) in [7, 11) is 0. The summed E-state index contributed by atoms with van der Waals surface area (Å²) in [6.45, 7) is 5.71. The average molecular weight is 456 g/mol. The van der Waals surface area contributed by atoms with Gasteiger partial charge in [0.2, 0.25) is 5.91 Å². The van der Waals surface area contributed by atoms with Crippen molar-refractivity contribution in [3.8, 4) is 0 Å². The minimum Gasteiger partial charge on any atom is -0.276 e. The van der Waals surface area contributed by atoms with E-state index in [0.29, 0.717) is 23.7 Å². The lowest BCUT2D eigenvalue weighted by molar-refractivity contribution is -0.150. The third-order valence-electron chi connectivity index (χ3n) is 4.50. The molecule has 0 aliphatic carbocycles. The molecule has 1 aliphatic heterocycles. The molecule has 1 heterocycles. The SMILES string of the molecule is CC[C@@]1(CCC(C)C)C(=O)NC(=O)N(C(=O)c2cccc(I)c2)C1=O. The van der Waals surface area contributed by atoms with Crippen LogP contribution in [0.3, 0.4) is 0 Å². The molecule has 5 amide bonds. The highest BCUT2D eigenvalue weighted by molar-refractivity contribution is 14.1. The van der Waals surface area contributed by atoms with Gasteiger partial charge in [-0.3, -0.25) is 19.7 Å². The molecule has 2 rings (SSSR count). The summed E-state index contributed by atoms with van der Waals surface area (Å²) < 4.78 is 0.811. The normalized spacial score (nSPS) is 20.8. The van der Waals surface area contributed by atoms with Gasteiger partial charge in [-0.1, -0.05) is 26.8 Å². The van der Waals surface area contributed by atoms with Crippen molar-refractivity contribution in [3.05, 3.63) is 33.4 Å². The molecule has 0 radical (unpaired) electrons. The van der Waals surface area contributed by atoms with Crippen LogP contribution in [0.15, 0.2) is 24.3 Å². The first-order chi connectivity index (χ1) is 11.7. The molecule has 0 saturated carbocycles. The number of benzene rings is 1. The monoisotopic (exact) mass is 456 g/mol. The van der Waals surface area contributed by atoms with Gasteiger partial charge in [0, 0.05) is 9.13 Å². The number of amides is 5. The second-order valence-electron chi connectivity index (χ2n) is 6.58. The van der Waals surface area contributed by atoms with E-state index in [9.17, 15) is 19.2 Å². The van der Waals surface area contributed by atoms with Crippen molar-refractivity contribution in [1.82, 2.24) is 10.2 Å². The van der Waals surface area contributed by atoms with Crippen LogP contribution < -0.4 is 5.32 Å². The van der Waals surface area contributed by atoms with Crippen LogP contribution in [0.4, 0.5) is 4.79 Å². The number of nitrogens with one attached hydrogen (secondary N) is 1. The zero-order chi connectivity index (χ0) is 18.8. The first-order valence-electron chi connectivity index (χ1n) is 8.22. The van der Waals surface area contributed by atoms with Gasteiger partial charge in [0.05, 0.1) is 0 Å². The number of carbonyl (C=O) groups is 4. The number of carbonyl (C=O) groups excluding carboxylic acids is 4. The van der Waals surface area contributed by atoms with E-state index >= 15 is 0 Å². The highest BCUT2D eigenvalue weighted by atomic mass is 127. The molecule has 134 valence electrons. The van der Waals surface area contributed by atoms with Crippen LogP contribution in [0.5, 0.6) is 0 Å². The Balaban J connectivity index is 2.40. The molecular weight excluding hydrogens is 435 g/mol. The van der Waals surface area contributed by atoms with E-state index in [-0.39, 0.29) is 12.0 Å². The topological polar surface area (TPSA) is 83.6 Å². The Kier molecular flexibility index (Phi) is 5.97. The maximum atomic E-state index is 13.0. The summed E-state index contributed by atoms with van der Waals surface area (Å²) in [4.78, 5) is 51.0. The molecule has 0 spiro atoms. The quantitative estimate of drug-likeness (QED) is 0.419. The highest BCUT2D eigenvalue weighted by Crippen LogP contribution is 2.35. The highest BCUT2D eigenvalue weighted by Gasteiger charge is 2.54. The second kappa shape index (κ2) is 7.63. The summed E-state index contributed by atoms with van der Waals surface area (Å²) in [5.74, 6) is -1.76. The van der Waals surface area contributed by atoms with Gasteiger partial charge in [0.15, 0.2) is 0 Å². The molecule has 1 N–H and O–H groups in total. The van der Waals surface area contributed by atoms with Crippen molar-refractivity contribution in [3.63, 3.8) is 0 Å². The van der Waals surface area contributed by atoms with E-state index < -0.39 is 29.2 Å². The van der Waals surface area contributed by atoms with Crippen molar-refractivity contribution in [2.24, 2.45) is 11.3 Å². The van der Waals surface area contributed by atoms with E-state index in [1.807, 2.05) is 36.4 Å². The Morgan fingerprint density at radius 1 is 1.28 bits per heavy atom. The standard InChI is InChI=1S/C18H21IN2O4/c1-4-18(9-8-11(2)3)15(23)20-17(25)21(16(18)24)14(22)12-6-5-7-13(19)10-12/h5-7,10-11H,4,8-9H2,1-3H3,(H,20,23,25)/t18-/m1/s1. The zero-order valence-electron chi connectivity index (χ0n) is 14.5. The summed E-state index contributed by atoms with van der Waals surface area (Å²) in [6, 6.07) is 5.65. The van der Waals surface area contributed by atoms with Gasteiger partial charge >= 0.3 is 6.03 Å². The Hall–Kier alpha value is -1.77. The van der Waals surface area contributed by atoms with Crippen molar-refractivity contribution in [2.45, 2.75) is 40.0 Å². The third-order valence-corrected chi connectivity index (χ3v) is 5.17. The Morgan fingerprint density at radius 3 is 2.52 bits per heavy atom. The maximum absolute atomic E-state index is 13.0. The molecule has 25 heavy (non-hydrogen) atoms. The molecule has 0 unspecified atom stereocenters. The van der Waals surface area contributed by atoms with Crippen LogP contribution in [-0.2, 0) is 9.59 Å². The van der Waals surface area contributed by atoms with E-state index in [0.717, 1.165) is 3.57 Å². The lowest BCUT2D eigenvalue weighted by atomic mass is 9.75. The summed E-state index contributed by atoms with van der Waals surface area (Å²) in [5.41, 5.74) is -1.14.